The molecule has 7 nitrogen and oxygen atoms in total. The molecule has 3 aromatic rings. The van der Waals surface area contributed by atoms with Crippen LogP contribution in [0.5, 0.6) is 0 Å². The fraction of sp³-hybridized carbons (Fsp3) is 0.222. The molecule has 0 atom stereocenters. The van der Waals surface area contributed by atoms with E-state index in [-0.39, 0.29) is 11.3 Å². The van der Waals surface area contributed by atoms with Gasteiger partial charge in [0.15, 0.2) is 5.16 Å². The van der Waals surface area contributed by atoms with E-state index < -0.39 is 11.9 Å². The second kappa shape index (κ2) is 8.36. The maximum absolute atomic E-state index is 13.1. The van der Waals surface area contributed by atoms with Gasteiger partial charge < -0.3 is 5.32 Å². The number of benzene rings is 1. The van der Waals surface area contributed by atoms with Gasteiger partial charge in [0.1, 0.15) is 4.83 Å². The summed E-state index contributed by atoms with van der Waals surface area (Å²) in [6.07, 6.45) is 0. The van der Waals surface area contributed by atoms with Crippen molar-refractivity contribution in [3.63, 3.8) is 0 Å². The number of hydrogen-bond donors (Lipinski definition) is 2. The van der Waals surface area contributed by atoms with Gasteiger partial charge in [-0.05, 0) is 12.5 Å². The van der Waals surface area contributed by atoms with Crippen LogP contribution in [0, 0.1) is 0 Å². The maximum atomic E-state index is 13.1. The molecule has 0 fully saturated rings. The minimum Gasteiger partial charge on any atom is -0.341 e. The number of urea groups is 1. The highest BCUT2D eigenvalue weighted by Crippen LogP contribution is 2.32. The van der Waals surface area contributed by atoms with Gasteiger partial charge in [-0.3, -0.25) is 19.5 Å². The number of rotatable bonds is 5. The molecule has 3 rings (SSSR count). The van der Waals surface area contributed by atoms with Gasteiger partial charge in [-0.2, -0.15) is 0 Å². The quantitative estimate of drug-likeness (QED) is 0.506. The second-order valence-electron chi connectivity index (χ2n) is 5.56. The zero-order valence-electron chi connectivity index (χ0n) is 14.8. The normalized spacial score (nSPS) is 10.7. The first kappa shape index (κ1) is 19.1. The fourth-order valence-electron chi connectivity index (χ4n) is 2.58. The van der Waals surface area contributed by atoms with Crippen LogP contribution in [0.15, 0.2) is 45.7 Å². The average molecular weight is 403 g/mol. The number of thioether (sulfide) groups is 1. The van der Waals surface area contributed by atoms with Crippen LogP contribution in [0.4, 0.5) is 4.79 Å². The van der Waals surface area contributed by atoms with Crippen LogP contribution < -0.4 is 16.2 Å². The van der Waals surface area contributed by atoms with Gasteiger partial charge in [0.25, 0.3) is 5.56 Å². The van der Waals surface area contributed by atoms with Crippen molar-refractivity contribution >= 4 is 45.3 Å². The Balaban J connectivity index is 1.95. The number of aromatic nitrogens is 2. The van der Waals surface area contributed by atoms with Crippen LogP contribution in [0.25, 0.3) is 21.3 Å². The lowest BCUT2D eigenvalue weighted by atomic mass is 10.1. The monoisotopic (exact) mass is 402 g/mol. The summed E-state index contributed by atoms with van der Waals surface area (Å²) in [5.41, 5.74) is 1.71. The van der Waals surface area contributed by atoms with Crippen LogP contribution in [0.2, 0.25) is 0 Å². The molecule has 1 aromatic carbocycles. The van der Waals surface area contributed by atoms with E-state index in [9.17, 15) is 14.4 Å². The lowest BCUT2D eigenvalue weighted by Gasteiger charge is -2.10. The smallest absolute Gasteiger partial charge is 0.321 e. The van der Waals surface area contributed by atoms with E-state index in [0.29, 0.717) is 21.9 Å². The first-order valence-corrected chi connectivity index (χ1v) is 10.1. The van der Waals surface area contributed by atoms with E-state index in [4.69, 9.17) is 0 Å². The van der Waals surface area contributed by atoms with E-state index in [1.165, 1.54) is 18.4 Å². The third-order valence-electron chi connectivity index (χ3n) is 3.87. The standard InChI is InChI=1S/C18H18N4O3S2/c1-3-22-16(24)14-12(11-7-5-4-6-8-11)9-26-15(14)21-18(22)27-10-13(23)20-17(25)19-2/h4-9H,3,10H2,1-2H3,(H2,19,20,23,25). The van der Waals surface area contributed by atoms with Crippen molar-refractivity contribution in [1.82, 2.24) is 20.2 Å². The summed E-state index contributed by atoms with van der Waals surface area (Å²) < 4.78 is 1.55. The van der Waals surface area contributed by atoms with Gasteiger partial charge in [0, 0.05) is 24.5 Å². The van der Waals surface area contributed by atoms with Crippen molar-refractivity contribution in [2.45, 2.75) is 18.6 Å². The summed E-state index contributed by atoms with van der Waals surface area (Å²) in [4.78, 5) is 41.3. The predicted octanol–water partition coefficient (Wildman–Crippen LogP) is 2.69. The molecule has 0 bridgehead atoms. The van der Waals surface area contributed by atoms with Gasteiger partial charge in [-0.15, -0.1) is 11.3 Å². The van der Waals surface area contributed by atoms with E-state index in [0.717, 1.165) is 22.9 Å². The topological polar surface area (TPSA) is 93.1 Å². The second-order valence-corrected chi connectivity index (χ2v) is 7.36. The molecule has 0 radical (unpaired) electrons. The number of nitrogens with one attached hydrogen (secondary N) is 2. The minimum absolute atomic E-state index is 0.0116. The summed E-state index contributed by atoms with van der Waals surface area (Å²) in [5, 5.41) is 7.49. The van der Waals surface area contributed by atoms with Gasteiger partial charge in [0.2, 0.25) is 5.91 Å². The summed E-state index contributed by atoms with van der Waals surface area (Å²) >= 11 is 2.54. The van der Waals surface area contributed by atoms with E-state index in [1.54, 1.807) is 4.57 Å². The van der Waals surface area contributed by atoms with Crippen LogP contribution in [0.1, 0.15) is 6.92 Å². The largest absolute Gasteiger partial charge is 0.341 e. The van der Waals surface area contributed by atoms with Gasteiger partial charge >= 0.3 is 6.03 Å². The van der Waals surface area contributed by atoms with Crippen LogP contribution >= 0.6 is 23.1 Å². The van der Waals surface area contributed by atoms with E-state index in [2.05, 4.69) is 15.6 Å². The van der Waals surface area contributed by atoms with Crippen molar-refractivity contribution in [3.05, 3.63) is 46.1 Å². The molecule has 0 saturated carbocycles. The van der Waals surface area contributed by atoms with Crippen molar-refractivity contribution in [3.8, 4) is 11.1 Å². The molecule has 0 aliphatic carbocycles. The molecule has 0 spiro atoms. The van der Waals surface area contributed by atoms with Crippen molar-refractivity contribution in [1.29, 1.82) is 0 Å². The number of amides is 3. The zero-order chi connectivity index (χ0) is 19.4. The molecule has 27 heavy (non-hydrogen) atoms. The Morgan fingerprint density at radius 3 is 2.67 bits per heavy atom. The molecule has 140 valence electrons. The van der Waals surface area contributed by atoms with Crippen molar-refractivity contribution < 1.29 is 9.59 Å². The van der Waals surface area contributed by atoms with Gasteiger partial charge in [0.05, 0.1) is 11.1 Å². The number of fused-ring (bicyclic) bond motifs is 1. The molecule has 9 heteroatoms. The summed E-state index contributed by atoms with van der Waals surface area (Å²) in [6, 6.07) is 9.15. The highest BCUT2D eigenvalue weighted by atomic mass is 32.2. The summed E-state index contributed by atoms with van der Waals surface area (Å²) in [5.74, 6) is -0.463. The molecule has 0 aliphatic rings. The number of hydrogen-bond acceptors (Lipinski definition) is 6. The summed E-state index contributed by atoms with van der Waals surface area (Å²) in [7, 11) is 1.43. The van der Waals surface area contributed by atoms with E-state index in [1.807, 2.05) is 42.6 Å². The molecule has 2 N–H and O–H groups in total. The highest BCUT2D eigenvalue weighted by Gasteiger charge is 2.17. The molecule has 0 saturated heterocycles. The Labute approximate surface area is 163 Å². The minimum atomic E-state index is -0.567. The maximum Gasteiger partial charge on any atom is 0.321 e. The van der Waals surface area contributed by atoms with Crippen LogP contribution in [-0.2, 0) is 11.3 Å². The van der Waals surface area contributed by atoms with Crippen molar-refractivity contribution in [2.24, 2.45) is 0 Å². The molecule has 0 aliphatic heterocycles. The Bertz CT molecular complexity index is 1040. The predicted molar refractivity (Wildman–Crippen MR) is 108 cm³/mol. The van der Waals surface area contributed by atoms with Crippen LogP contribution in [0.3, 0.4) is 0 Å². The first-order valence-electron chi connectivity index (χ1n) is 8.27. The number of thiophene rings is 1. The Morgan fingerprint density at radius 2 is 2.00 bits per heavy atom. The molecular weight excluding hydrogens is 384 g/mol. The lowest BCUT2D eigenvalue weighted by molar-refractivity contribution is -0.117. The molecular formula is C18H18N4O3S2. The molecule has 2 heterocycles. The van der Waals surface area contributed by atoms with Crippen LogP contribution in [-0.4, -0.2) is 34.3 Å². The SMILES string of the molecule is CCn1c(SCC(=O)NC(=O)NC)nc2scc(-c3ccccc3)c2c1=O. The van der Waals surface area contributed by atoms with E-state index >= 15 is 0 Å². The Kier molecular flexibility index (Phi) is 5.92. The number of nitrogens with zero attached hydrogens (tertiary/aromatic N) is 2. The number of imide groups is 1. The fourth-order valence-corrected chi connectivity index (χ4v) is 4.43. The molecule has 2 aromatic heterocycles. The Morgan fingerprint density at radius 1 is 1.26 bits per heavy atom. The third-order valence-corrected chi connectivity index (χ3v) is 5.72. The average Bonchev–Trinajstić information content (AvgIpc) is 3.11. The van der Waals surface area contributed by atoms with Crippen molar-refractivity contribution in [2.75, 3.05) is 12.8 Å². The Hall–Kier alpha value is -2.65. The molecule has 3 amide bonds. The molecule has 0 unspecified atom stereocenters. The third kappa shape index (κ3) is 4.04. The zero-order valence-corrected chi connectivity index (χ0v) is 16.4. The lowest BCUT2D eigenvalue weighted by Crippen LogP contribution is -2.38. The van der Waals surface area contributed by atoms with Gasteiger partial charge in [-0.1, -0.05) is 42.1 Å². The number of carbonyl (C=O) groups is 2. The highest BCUT2D eigenvalue weighted by molar-refractivity contribution is 7.99. The number of carbonyl (C=O) groups excluding carboxylic acids is 2. The van der Waals surface area contributed by atoms with Gasteiger partial charge in [-0.25, -0.2) is 9.78 Å². The first-order chi connectivity index (χ1) is 13.0. The summed E-state index contributed by atoms with van der Waals surface area (Å²) in [6.45, 7) is 2.30.